The maximum absolute atomic E-state index is 11.6. The van der Waals surface area contributed by atoms with Crippen LogP contribution in [0.1, 0.15) is 35.6 Å². The summed E-state index contributed by atoms with van der Waals surface area (Å²) in [6, 6.07) is 1.71. The van der Waals surface area contributed by atoms with Crippen molar-refractivity contribution in [2.45, 2.75) is 27.2 Å². The molecule has 5 nitrogen and oxygen atoms in total. The number of aromatic nitrogens is 2. The van der Waals surface area contributed by atoms with Crippen LogP contribution in [0, 0.1) is 6.92 Å². The van der Waals surface area contributed by atoms with Crippen LogP contribution in [0.5, 0.6) is 0 Å². The van der Waals surface area contributed by atoms with Crippen LogP contribution in [0.3, 0.4) is 0 Å². The average Bonchev–Trinajstić information content (AvgIpc) is 2.25. The zero-order chi connectivity index (χ0) is 11.3. The lowest BCUT2D eigenvalue weighted by atomic mass is 10.1. The van der Waals surface area contributed by atoms with Crippen molar-refractivity contribution in [3.8, 4) is 0 Å². The lowest BCUT2D eigenvalue weighted by Gasteiger charge is -2.07. The molecular formula is C10H15N3O2. The number of hydrogen-bond acceptors (Lipinski definition) is 4. The minimum atomic E-state index is -0.272. The molecular weight excluding hydrogens is 194 g/mol. The highest BCUT2D eigenvalue weighted by Crippen LogP contribution is 2.07. The zero-order valence-corrected chi connectivity index (χ0v) is 9.20. The van der Waals surface area contributed by atoms with Gasteiger partial charge in [0, 0.05) is 0 Å². The van der Waals surface area contributed by atoms with Gasteiger partial charge in [-0.15, -0.1) is 0 Å². The normalized spacial score (nSPS) is 10.1. The molecule has 5 heteroatoms. The Labute approximate surface area is 88.8 Å². The number of rotatable bonds is 4. The van der Waals surface area contributed by atoms with Crippen molar-refractivity contribution in [2.75, 3.05) is 6.61 Å². The minimum absolute atomic E-state index is 0.272. The van der Waals surface area contributed by atoms with E-state index in [0.29, 0.717) is 30.0 Å². The SMILES string of the molecule is CCONC(=O)c1cc(C)nnc1CC. The Morgan fingerprint density at radius 1 is 1.47 bits per heavy atom. The van der Waals surface area contributed by atoms with E-state index in [2.05, 4.69) is 15.7 Å². The van der Waals surface area contributed by atoms with Gasteiger partial charge in [0.05, 0.1) is 23.6 Å². The Morgan fingerprint density at radius 2 is 2.20 bits per heavy atom. The average molecular weight is 209 g/mol. The van der Waals surface area contributed by atoms with Gasteiger partial charge in [0.25, 0.3) is 5.91 Å². The maximum atomic E-state index is 11.6. The molecule has 1 aromatic heterocycles. The third-order valence-electron chi connectivity index (χ3n) is 1.88. The van der Waals surface area contributed by atoms with Gasteiger partial charge in [-0.25, -0.2) is 5.48 Å². The molecule has 0 saturated carbocycles. The molecule has 1 aromatic rings. The van der Waals surface area contributed by atoms with Crippen LogP contribution in [-0.2, 0) is 11.3 Å². The van der Waals surface area contributed by atoms with E-state index in [-0.39, 0.29) is 5.91 Å². The van der Waals surface area contributed by atoms with E-state index in [1.807, 2.05) is 6.92 Å². The maximum Gasteiger partial charge on any atom is 0.276 e. The quantitative estimate of drug-likeness (QED) is 0.752. The van der Waals surface area contributed by atoms with Gasteiger partial charge in [-0.3, -0.25) is 9.63 Å². The molecule has 0 aliphatic heterocycles. The molecule has 0 unspecified atom stereocenters. The van der Waals surface area contributed by atoms with Crippen molar-refractivity contribution in [3.05, 3.63) is 23.0 Å². The van der Waals surface area contributed by atoms with Gasteiger partial charge in [0.2, 0.25) is 0 Å². The molecule has 0 bridgehead atoms. The first-order valence-corrected chi connectivity index (χ1v) is 4.94. The monoisotopic (exact) mass is 209 g/mol. The predicted molar refractivity (Wildman–Crippen MR) is 55.2 cm³/mol. The van der Waals surface area contributed by atoms with Crippen LogP contribution in [0.15, 0.2) is 6.07 Å². The molecule has 0 fully saturated rings. The third-order valence-corrected chi connectivity index (χ3v) is 1.88. The smallest absolute Gasteiger partial charge is 0.274 e. The van der Waals surface area contributed by atoms with Crippen molar-refractivity contribution in [1.82, 2.24) is 15.7 Å². The fourth-order valence-corrected chi connectivity index (χ4v) is 1.16. The highest BCUT2D eigenvalue weighted by molar-refractivity contribution is 5.94. The summed E-state index contributed by atoms with van der Waals surface area (Å²) < 4.78 is 0. The van der Waals surface area contributed by atoms with E-state index in [9.17, 15) is 4.79 Å². The van der Waals surface area contributed by atoms with Crippen molar-refractivity contribution in [3.63, 3.8) is 0 Å². The highest BCUT2D eigenvalue weighted by Gasteiger charge is 2.12. The number of amides is 1. The molecule has 0 aromatic carbocycles. The van der Waals surface area contributed by atoms with Crippen LogP contribution in [0.4, 0.5) is 0 Å². The van der Waals surface area contributed by atoms with Crippen LogP contribution in [-0.4, -0.2) is 22.7 Å². The Bertz CT molecular complexity index is 353. The molecule has 15 heavy (non-hydrogen) atoms. The lowest BCUT2D eigenvalue weighted by Crippen LogP contribution is -2.25. The van der Waals surface area contributed by atoms with Crippen LogP contribution in [0.2, 0.25) is 0 Å². The number of carbonyl (C=O) groups excluding carboxylic acids is 1. The number of nitrogens with one attached hydrogen (secondary N) is 1. The van der Waals surface area contributed by atoms with E-state index in [0.717, 1.165) is 0 Å². The molecule has 0 spiro atoms. The molecule has 0 atom stereocenters. The zero-order valence-electron chi connectivity index (χ0n) is 9.20. The Hall–Kier alpha value is -1.49. The molecule has 1 amide bonds. The fourth-order valence-electron chi connectivity index (χ4n) is 1.16. The summed E-state index contributed by atoms with van der Waals surface area (Å²) in [5.41, 5.74) is 4.27. The van der Waals surface area contributed by atoms with E-state index in [1.54, 1.807) is 19.9 Å². The van der Waals surface area contributed by atoms with Crippen LogP contribution >= 0.6 is 0 Å². The van der Waals surface area contributed by atoms with Gasteiger partial charge in [-0.2, -0.15) is 10.2 Å². The summed E-state index contributed by atoms with van der Waals surface area (Å²) in [7, 11) is 0. The first kappa shape index (κ1) is 11.6. The molecule has 1 heterocycles. The summed E-state index contributed by atoms with van der Waals surface area (Å²) in [5, 5.41) is 7.86. The molecule has 0 saturated heterocycles. The fraction of sp³-hybridized carbons (Fsp3) is 0.500. The Kier molecular flexibility index (Phi) is 4.17. The van der Waals surface area contributed by atoms with Crippen molar-refractivity contribution >= 4 is 5.91 Å². The van der Waals surface area contributed by atoms with Crippen molar-refractivity contribution < 1.29 is 9.63 Å². The van der Waals surface area contributed by atoms with Gasteiger partial charge in [0.15, 0.2) is 0 Å². The second-order valence-electron chi connectivity index (χ2n) is 3.06. The van der Waals surface area contributed by atoms with Gasteiger partial charge >= 0.3 is 0 Å². The molecule has 1 rings (SSSR count). The first-order valence-electron chi connectivity index (χ1n) is 4.94. The van der Waals surface area contributed by atoms with Crippen molar-refractivity contribution in [2.24, 2.45) is 0 Å². The van der Waals surface area contributed by atoms with Gasteiger partial charge < -0.3 is 0 Å². The number of hydroxylamine groups is 1. The summed E-state index contributed by atoms with van der Waals surface area (Å²) >= 11 is 0. The Morgan fingerprint density at radius 3 is 2.80 bits per heavy atom. The second-order valence-corrected chi connectivity index (χ2v) is 3.06. The second kappa shape index (κ2) is 5.41. The topological polar surface area (TPSA) is 64.1 Å². The van der Waals surface area contributed by atoms with E-state index >= 15 is 0 Å². The summed E-state index contributed by atoms with van der Waals surface area (Å²) in [4.78, 5) is 16.5. The number of hydrogen-bond donors (Lipinski definition) is 1. The Balaban J connectivity index is 2.90. The summed E-state index contributed by atoms with van der Waals surface area (Å²) in [6.45, 7) is 5.96. The molecule has 0 aliphatic carbocycles. The molecule has 0 aliphatic rings. The predicted octanol–water partition coefficient (Wildman–Crippen LogP) is 1.03. The standard InChI is InChI=1S/C10H15N3O2/c1-4-9-8(6-7(3)11-12-9)10(14)13-15-5-2/h6H,4-5H2,1-3H3,(H,13,14). The van der Waals surface area contributed by atoms with E-state index in [4.69, 9.17) is 4.84 Å². The number of nitrogens with zero attached hydrogens (tertiary/aromatic N) is 2. The number of aryl methyl sites for hydroxylation is 2. The largest absolute Gasteiger partial charge is 0.276 e. The van der Waals surface area contributed by atoms with Crippen LogP contribution in [0.25, 0.3) is 0 Å². The third kappa shape index (κ3) is 2.99. The first-order chi connectivity index (χ1) is 7.19. The van der Waals surface area contributed by atoms with E-state index in [1.165, 1.54) is 0 Å². The molecule has 1 N–H and O–H groups in total. The van der Waals surface area contributed by atoms with Crippen LogP contribution < -0.4 is 5.48 Å². The highest BCUT2D eigenvalue weighted by atomic mass is 16.6. The van der Waals surface area contributed by atoms with E-state index < -0.39 is 0 Å². The van der Waals surface area contributed by atoms with Gasteiger partial charge in [-0.1, -0.05) is 6.92 Å². The van der Waals surface area contributed by atoms with Crippen molar-refractivity contribution in [1.29, 1.82) is 0 Å². The summed E-state index contributed by atoms with van der Waals surface area (Å²) in [6.07, 6.45) is 0.669. The summed E-state index contributed by atoms with van der Waals surface area (Å²) in [5.74, 6) is -0.272. The molecule has 0 radical (unpaired) electrons. The van der Waals surface area contributed by atoms with Gasteiger partial charge in [0.1, 0.15) is 0 Å². The minimum Gasteiger partial charge on any atom is -0.274 e. The lowest BCUT2D eigenvalue weighted by molar-refractivity contribution is 0.0363. The molecule has 82 valence electrons. The number of carbonyl (C=O) groups is 1. The van der Waals surface area contributed by atoms with Gasteiger partial charge in [-0.05, 0) is 26.3 Å².